The van der Waals surface area contributed by atoms with Gasteiger partial charge in [-0.1, -0.05) is 26.7 Å². The number of nitrogens with one attached hydrogen (secondary N) is 1. The third kappa shape index (κ3) is 4.01. The minimum atomic E-state index is -1.18. The van der Waals surface area contributed by atoms with Gasteiger partial charge in [0.1, 0.15) is 17.0 Å². The summed E-state index contributed by atoms with van der Waals surface area (Å²) in [6.07, 6.45) is 2.12. The van der Waals surface area contributed by atoms with Crippen LogP contribution in [-0.2, 0) is 4.79 Å². The lowest BCUT2D eigenvalue weighted by Gasteiger charge is -2.24. The minimum absolute atomic E-state index is 0.0488. The van der Waals surface area contributed by atoms with Gasteiger partial charge < -0.3 is 5.32 Å². The van der Waals surface area contributed by atoms with Crippen LogP contribution in [0.2, 0.25) is 0 Å². The number of nitrogens with zero attached hydrogens (tertiary/aromatic N) is 1. The smallest absolute Gasteiger partial charge is 0.244 e. The molecule has 0 saturated heterocycles. The Morgan fingerprint density at radius 3 is 2.33 bits per heavy atom. The summed E-state index contributed by atoms with van der Waals surface area (Å²) >= 11 is 2.94. The summed E-state index contributed by atoms with van der Waals surface area (Å²) in [7, 11) is 0. The first-order valence-corrected chi connectivity index (χ1v) is 7.56. The fourth-order valence-corrected chi connectivity index (χ4v) is 2.57. The second-order valence-corrected chi connectivity index (χ2v) is 5.75. The molecule has 0 atom stereocenters. The van der Waals surface area contributed by atoms with Crippen LogP contribution in [0.1, 0.15) is 39.5 Å². The van der Waals surface area contributed by atoms with E-state index in [9.17, 15) is 18.8 Å². The molecule has 1 amide bonds. The maximum atomic E-state index is 13.7. The van der Waals surface area contributed by atoms with Crippen LogP contribution in [0.5, 0.6) is 0 Å². The molecule has 6 heteroatoms. The number of hydrogen-bond acceptors (Lipinski definition) is 2. The fraction of sp³-hybridized carbons (Fsp3) is 0.467. The molecule has 0 aliphatic rings. The van der Waals surface area contributed by atoms with E-state index in [-0.39, 0.29) is 10.2 Å². The van der Waals surface area contributed by atoms with E-state index in [1.54, 1.807) is 0 Å². The molecule has 0 saturated carbocycles. The van der Waals surface area contributed by atoms with Crippen LogP contribution in [0.4, 0.5) is 14.5 Å². The van der Waals surface area contributed by atoms with Gasteiger partial charge in [-0.15, -0.1) is 0 Å². The largest absolute Gasteiger partial charge is 0.322 e. The fourth-order valence-electron chi connectivity index (χ4n) is 2.23. The molecule has 21 heavy (non-hydrogen) atoms. The third-order valence-electron chi connectivity index (χ3n) is 3.26. The zero-order chi connectivity index (χ0) is 16.0. The first-order chi connectivity index (χ1) is 9.90. The molecular formula is C15H17BrF2N2O. The van der Waals surface area contributed by atoms with Crippen molar-refractivity contribution in [3.8, 4) is 6.07 Å². The molecule has 0 spiro atoms. The van der Waals surface area contributed by atoms with E-state index >= 15 is 0 Å². The molecule has 0 fully saturated rings. The zero-order valence-corrected chi connectivity index (χ0v) is 13.6. The lowest BCUT2D eigenvalue weighted by molar-refractivity contribution is -0.123. The van der Waals surface area contributed by atoms with Gasteiger partial charge in [0.2, 0.25) is 5.91 Å². The van der Waals surface area contributed by atoms with Crippen molar-refractivity contribution in [1.82, 2.24) is 0 Å². The minimum Gasteiger partial charge on any atom is -0.322 e. The number of amides is 1. The van der Waals surface area contributed by atoms with Crippen LogP contribution in [0.25, 0.3) is 0 Å². The van der Waals surface area contributed by atoms with Crippen LogP contribution in [0.15, 0.2) is 16.6 Å². The van der Waals surface area contributed by atoms with Crippen LogP contribution in [0.3, 0.4) is 0 Å². The van der Waals surface area contributed by atoms with Gasteiger partial charge in [0.05, 0.1) is 16.2 Å². The predicted octanol–water partition coefficient (Wildman–Crippen LogP) is 4.78. The van der Waals surface area contributed by atoms with Crippen molar-refractivity contribution in [3.05, 3.63) is 28.2 Å². The highest BCUT2D eigenvalue weighted by Gasteiger charge is 2.37. The highest BCUT2D eigenvalue weighted by Crippen LogP contribution is 2.32. The number of rotatable bonds is 6. The van der Waals surface area contributed by atoms with Gasteiger partial charge in [0.25, 0.3) is 0 Å². The SMILES string of the molecule is CCCC(C#N)(CCC)C(=O)Nc1cc(Br)c(F)cc1F. The summed E-state index contributed by atoms with van der Waals surface area (Å²) in [6.45, 7) is 3.76. The Labute approximate surface area is 131 Å². The molecular weight excluding hydrogens is 342 g/mol. The summed E-state index contributed by atoms with van der Waals surface area (Å²) in [6, 6.07) is 3.91. The van der Waals surface area contributed by atoms with Crippen molar-refractivity contribution >= 4 is 27.5 Å². The molecule has 0 aromatic heterocycles. The first-order valence-electron chi connectivity index (χ1n) is 6.77. The Hall–Kier alpha value is -1.48. The molecule has 1 rings (SSSR count). The lowest BCUT2D eigenvalue weighted by atomic mass is 9.79. The van der Waals surface area contributed by atoms with E-state index in [0.717, 1.165) is 6.07 Å². The van der Waals surface area contributed by atoms with Gasteiger partial charge in [0.15, 0.2) is 0 Å². The number of benzene rings is 1. The van der Waals surface area contributed by atoms with Crippen molar-refractivity contribution in [1.29, 1.82) is 5.26 Å². The average Bonchev–Trinajstić information content (AvgIpc) is 2.44. The lowest BCUT2D eigenvalue weighted by Crippen LogP contribution is -2.35. The quantitative estimate of drug-likeness (QED) is 0.744. The maximum absolute atomic E-state index is 13.7. The Morgan fingerprint density at radius 2 is 1.86 bits per heavy atom. The van der Waals surface area contributed by atoms with E-state index in [1.807, 2.05) is 13.8 Å². The number of carbonyl (C=O) groups excluding carboxylic acids is 1. The Morgan fingerprint density at radius 1 is 1.29 bits per heavy atom. The predicted molar refractivity (Wildman–Crippen MR) is 80.5 cm³/mol. The molecule has 0 aliphatic carbocycles. The van der Waals surface area contributed by atoms with Crippen LogP contribution < -0.4 is 5.32 Å². The second-order valence-electron chi connectivity index (χ2n) is 4.89. The van der Waals surface area contributed by atoms with Gasteiger partial charge in [-0.25, -0.2) is 8.78 Å². The number of carbonyl (C=O) groups is 1. The topological polar surface area (TPSA) is 52.9 Å². The average molecular weight is 359 g/mol. The van der Waals surface area contributed by atoms with E-state index in [4.69, 9.17) is 0 Å². The van der Waals surface area contributed by atoms with Gasteiger partial charge >= 0.3 is 0 Å². The molecule has 0 aliphatic heterocycles. The molecule has 0 unspecified atom stereocenters. The van der Waals surface area contributed by atoms with Crippen molar-refractivity contribution in [2.24, 2.45) is 5.41 Å². The van der Waals surface area contributed by atoms with E-state index in [1.165, 1.54) is 0 Å². The van der Waals surface area contributed by atoms with Crippen molar-refractivity contribution in [2.45, 2.75) is 39.5 Å². The van der Waals surface area contributed by atoms with E-state index in [2.05, 4.69) is 27.3 Å². The number of halogens is 3. The number of hydrogen-bond donors (Lipinski definition) is 1. The summed E-state index contributed by atoms with van der Waals surface area (Å²) < 4.78 is 26.9. The van der Waals surface area contributed by atoms with Gasteiger partial charge in [-0.2, -0.15) is 5.26 Å². The van der Waals surface area contributed by atoms with Crippen molar-refractivity contribution in [3.63, 3.8) is 0 Å². The molecule has 0 heterocycles. The molecule has 0 bridgehead atoms. The van der Waals surface area contributed by atoms with Gasteiger partial charge in [-0.05, 0) is 34.8 Å². The normalized spacial score (nSPS) is 11.0. The molecule has 1 N–H and O–H groups in total. The van der Waals surface area contributed by atoms with Crippen molar-refractivity contribution < 1.29 is 13.6 Å². The first kappa shape index (κ1) is 17.6. The maximum Gasteiger partial charge on any atom is 0.244 e. The Kier molecular flexibility index (Phi) is 6.28. The van der Waals surface area contributed by atoms with Crippen LogP contribution in [-0.4, -0.2) is 5.91 Å². The van der Waals surface area contributed by atoms with Crippen molar-refractivity contribution in [2.75, 3.05) is 5.32 Å². The highest BCUT2D eigenvalue weighted by molar-refractivity contribution is 9.10. The molecule has 114 valence electrons. The van der Waals surface area contributed by atoms with E-state index < -0.39 is 23.0 Å². The monoisotopic (exact) mass is 358 g/mol. The summed E-state index contributed by atoms with van der Waals surface area (Å²) in [5.41, 5.74) is -1.32. The third-order valence-corrected chi connectivity index (χ3v) is 3.87. The van der Waals surface area contributed by atoms with Gasteiger partial charge in [-0.3, -0.25) is 4.79 Å². The van der Waals surface area contributed by atoms with Crippen LogP contribution >= 0.6 is 15.9 Å². The molecule has 1 aromatic rings. The van der Waals surface area contributed by atoms with Gasteiger partial charge in [0, 0.05) is 6.07 Å². The van der Waals surface area contributed by atoms with E-state index in [0.29, 0.717) is 31.7 Å². The Bertz CT molecular complexity index is 564. The molecule has 0 radical (unpaired) electrons. The van der Waals surface area contributed by atoms with Crippen LogP contribution in [0, 0.1) is 28.4 Å². The second kappa shape index (κ2) is 7.51. The highest BCUT2D eigenvalue weighted by atomic mass is 79.9. The Balaban J connectivity index is 3.08. The summed E-state index contributed by atoms with van der Waals surface area (Å²) in [5, 5.41) is 11.8. The summed E-state index contributed by atoms with van der Waals surface area (Å²) in [4.78, 5) is 12.4. The molecule has 3 nitrogen and oxygen atoms in total. The molecule has 1 aromatic carbocycles. The standard InChI is InChI=1S/C15H17BrF2N2O/c1-3-5-15(9-19,6-4-2)14(21)20-13-7-10(16)11(17)8-12(13)18/h7-8H,3-6H2,1-2H3,(H,20,21). The number of anilines is 1. The number of nitriles is 1. The zero-order valence-electron chi connectivity index (χ0n) is 12.0. The summed E-state index contributed by atoms with van der Waals surface area (Å²) in [5.74, 6) is -2.17.